The van der Waals surface area contributed by atoms with Gasteiger partial charge in [0.25, 0.3) is 0 Å². The minimum atomic E-state index is -2.34. The first-order chi connectivity index (χ1) is 19.1. The minimum Gasteiger partial charge on any atom is -0.394 e. The highest BCUT2D eigenvalue weighted by Gasteiger charge is 2.55. The lowest BCUT2D eigenvalue weighted by Crippen LogP contribution is -2.67. The summed E-state index contributed by atoms with van der Waals surface area (Å²) in [5.41, 5.74) is 2.10. The molecule has 0 bridgehead atoms. The van der Waals surface area contributed by atoms with Gasteiger partial charge in [-0.2, -0.15) is 0 Å². The van der Waals surface area contributed by atoms with E-state index in [2.05, 4.69) is 33.9 Å². The lowest BCUT2D eigenvalue weighted by molar-refractivity contribution is -0.325. The normalized spacial score (nSPS) is 24.5. The van der Waals surface area contributed by atoms with Crippen molar-refractivity contribution in [3.63, 3.8) is 0 Å². The van der Waals surface area contributed by atoms with E-state index in [1.165, 1.54) is 0 Å². The van der Waals surface area contributed by atoms with Crippen LogP contribution in [0.15, 0.2) is 91.0 Å². The third kappa shape index (κ3) is 7.47. The summed E-state index contributed by atoms with van der Waals surface area (Å²) >= 11 is 0. The summed E-state index contributed by atoms with van der Waals surface area (Å²) in [5.74, 6) is 0. The standard InChI is InChI=1S/C33H44O6Si/c1-33(2,3)40(4,5)31(35)30-28(36-21-24-15-9-6-10-16-24)27(34)29(37-22-25-17-11-7-12-18-25)32(39-30)38-23-26-19-13-8-14-20-26/h6-20,27-32,34-35H,21-23H2,1-5H3/t27-,28-,29-,30-,31?,32-/m0/s1. The van der Waals surface area contributed by atoms with E-state index in [9.17, 15) is 10.2 Å². The van der Waals surface area contributed by atoms with Gasteiger partial charge in [-0.15, -0.1) is 0 Å². The predicted molar refractivity (Wildman–Crippen MR) is 159 cm³/mol. The highest BCUT2D eigenvalue weighted by atomic mass is 28.3. The Labute approximate surface area is 239 Å². The van der Waals surface area contributed by atoms with Gasteiger partial charge in [-0.3, -0.25) is 0 Å². The van der Waals surface area contributed by atoms with Crippen molar-refractivity contribution in [3.05, 3.63) is 108 Å². The van der Waals surface area contributed by atoms with Crippen molar-refractivity contribution in [3.8, 4) is 0 Å². The lowest BCUT2D eigenvalue weighted by Gasteiger charge is -2.50. The van der Waals surface area contributed by atoms with Crippen molar-refractivity contribution in [2.75, 3.05) is 0 Å². The van der Waals surface area contributed by atoms with Gasteiger partial charge in [0.2, 0.25) is 0 Å². The first kappa shape index (κ1) is 30.6. The molecule has 0 spiro atoms. The summed E-state index contributed by atoms with van der Waals surface area (Å²) in [6, 6.07) is 29.4. The van der Waals surface area contributed by atoms with Crippen LogP contribution in [0.3, 0.4) is 0 Å². The fraction of sp³-hybridized carbons (Fsp3) is 0.455. The number of benzene rings is 3. The Kier molecular flexibility index (Phi) is 10.3. The van der Waals surface area contributed by atoms with E-state index < -0.39 is 44.5 Å². The van der Waals surface area contributed by atoms with E-state index in [4.69, 9.17) is 18.9 Å². The Balaban J connectivity index is 1.63. The molecule has 7 heteroatoms. The molecule has 1 fully saturated rings. The molecule has 6 atom stereocenters. The van der Waals surface area contributed by atoms with Crippen molar-refractivity contribution < 1.29 is 29.2 Å². The zero-order chi connectivity index (χ0) is 28.8. The average molecular weight is 565 g/mol. The van der Waals surface area contributed by atoms with Crippen molar-refractivity contribution in [2.24, 2.45) is 0 Å². The van der Waals surface area contributed by atoms with Gasteiger partial charge in [-0.05, 0) is 21.7 Å². The van der Waals surface area contributed by atoms with Crippen molar-refractivity contribution in [1.82, 2.24) is 0 Å². The molecule has 216 valence electrons. The zero-order valence-corrected chi connectivity index (χ0v) is 25.3. The third-order valence-electron chi connectivity index (χ3n) is 8.37. The molecular formula is C33H44O6Si. The summed E-state index contributed by atoms with van der Waals surface area (Å²) in [7, 11) is -2.34. The maximum Gasteiger partial charge on any atom is 0.187 e. The van der Waals surface area contributed by atoms with Crippen LogP contribution in [-0.2, 0) is 38.8 Å². The number of hydrogen-bond acceptors (Lipinski definition) is 6. The highest BCUT2D eigenvalue weighted by Crippen LogP contribution is 2.42. The van der Waals surface area contributed by atoms with Gasteiger partial charge >= 0.3 is 0 Å². The topological polar surface area (TPSA) is 77.4 Å². The quantitative estimate of drug-likeness (QED) is 0.284. The Bertz CT molecular complexity index is 1150. The monoisotopic (exact) mass is 564 g/mol. The summed E-state index contributed by atoms with van der Waals surface area (Å²) in [6.45, 7) is 11.6. The van der Waals surface area contributed by atoms with Crippen LogP contribution in [0.5, 0.6) is 0 Å². The van der Waals surface area contributed by atoms with E-state index >= 15 is 0 Å². The molecular weight excluding hydrogens is 520 g/mol. The van der Waals surface area contributed by atoms with Crippen LogP contribution in [0.4, 0.5) is 0 Å². The minimum absolute atomic E-state index is 0.119. The van der Waals surface area contributed by atoms with E-state index in [1.54, 1.807) is 0 Å². The Hall–Kier alpha value is -2.36. The fourth-order valence-electron chi connectivity index (χ4n) is 4.75. The van der Waals surface area contributed by atoms with Gasteiger partial charge in [0.1, 0.15) is 24.4 Å². The predicted octanol–water partition coefficient (Wildman–Crippen LogP) is 5.87. The van der Waals surface area contributed by atoms with Crippen LogP contribution < -0.4 is 0 Å². The molecule has 0 aliphatic carbocycles. The molecule has 0 saturated carbocycles. The van der Waals surface area contributed by atoms with Gasteiger partial charge in [0.15, 0.2) is 6.29 Å². The first-order valence-electron chi connectivity index (χ1n) is 14.1. The van der Waals surface area contributed by atoms with Crippen LogP contribution in [0.1, 0.15) is 37.5 Å². The van der Waals surface area contributed by atoms with Crippen molar-refractivity contribution >= 4 is 8.07 Å². The molecule has 4 rings (SSSR count). The molecule has 1 aliphatic rings. The molecule has 0 amide bonds. The molecule has 1 unspecified atom stereocenters. The molecule has 6 nitrogen and oxygen atoms in total. The summed E-state index contributed by atoms with van der Waals surface area (Å²) in [5, 5.41) is 23.6. The lowest BCUT2D eigenvalue weighted by atomic mass is 9.98. The smallest absolute Gasteiger partial charge is 0.187 e. The summed E-state index contributed by atoms with van der Waals surface area (Å²) in [6.07, 6.45) is -4.43. The van der Waals surface area contributed by atoms with Crippen molar-refractivity contribution in [1.29, 1.82) is 0 Å². The second-order valence-corrected chi connectivity index (χ2v) is 17.7. The number of hydrogen-bond donors (Lipinski definition) is 2. The van der Waals surface area contributed by atoms with Gasteiger partial charge in [-0.25, -0.2) is 0 Å². The number of ether oxygens (including phenoxy) is 4. The number of rotatable bonds is 11. The molecule has 1 saturated heterocycles. The summed E-state index contributed by atoms with van der Waals surface area (Å²) in [4.78, 5) is 0. The van der Waals surface area contributed by atoms with Gasteiger partial charge < -0.3 is 29.2 Å². The third-order valence-corrected chi connectivity index (χ3v) is 14.0. The molecule has 3 aromatic rings. The zero-order valence-electron chi connectivity index (χ0n) is 24.3. The van der Waals surface area contributed by atoms with E-state index in [0.717, 1.165) is 16.7 Å². The molecule has 2 N–H and O–H groups in total. The molecule has 3 aromatic carbocycles. The van der Waals surface area contributed by atoms with Crippen LogP contribution in [-0.4, -0.2) is 54.7 Å². The van der Waals surface area contributed by atoms with Crippen LogP contribution in [0.2, 0.25) is 18.1 Å². The Morgan fingerprint density at radius 3 is 1.52 bits per heavy atom. The highest BCUT2D eigenvalue weighted by molar-refractivity contribution is 6.81. The van der Waals surface area contributed by atoms with Crippen molar-refractivity contribution in [2.45, 2.75) is 95.2 Å². The van der Waals surface area contributed by atoms with Crippen LogP contribution in [0, 0.1) is 0 Å². The second-order valence-electron chi connectivity index (χ2n) is 12.2. The number of aliphatic hydroxyl groups is 2. The SMILES string of the molecule is CC(C)(C)[Si](C)(C)C(O)[C@H]1O[C@H](OCc2ccccc2)[C@@H](OCc2ccccc2)[C@@H](O)[C@@H]1OCc1ccccc1. The van der Waals surface area contributed by atoms with Gasteiger partial charge in [0.05, 0.1) is 33.6 Å². The maximum absolute atomic E-state index is 11.9. The van der Waals surface area contributed by atoms with E-state index in [0.29, 0.717) is 0 Å². The average Bonchev–Trinajstić information content (AvgIpc) is 2.95. The Morgan fingerprint density at radius 1 is 0.700 bits per heavy atom. The molecule has 1 aliphatic heterocycles. The van der Waals surface area contributed by atoms with Gasteiger partial charge in [0, 0.05) is 0 Å². The van der Waals surface area contributed by atoms with E-state index in [-0.39, 0.29) is 24.9 Å². The van der Waals surface area contributed by atoms with Crippen LogP contribution in [0.25, 0.3) is 0 Å². The fourth-order valence-corrected chi connectivity index (χ4v) is 6.73. The van der Waals surface area contributed by atoms with Crippen LogP contribution >= 0.6 is 0 Å². The summed E-state index contributed by atoms with van der Waals surface area (Å²) < 4.78 is 25.5. The second kappa shape index (κ2) is 13.5. The number of aliphatic hydroxyl groups excluding tert-OH is 2. The molecule has 1 heterocycles. The molecule has 40 heavy (non-hydrogen) atoms. The largest absolute Gasteiger partial charge is 0.394 e. The molecule has 0 radical (unpaired) electrons. The Morgan fingerprint density at radius 2 is 1.10 bits per heavy atom. The van der Waals surface area contributed by atoms with Gasteiger partial charge in [-0.1, -0.05) is 125 Å². The van der Waals surface area contributed by atoms with E-state index in [1.807, 2.05) is 91.0 Å². The first-order valence-corrected chi connectivity index (χ1v) is 17.1. The molecule has 0 aromatic heterocycles. The maximum atomic E-state index is 11.9.